The lowest BCUT2D eigenvalue weighted by atomic mass is 9.91. The number of carboxylic acids is 1. The van der Waals surface area contributed by atoms with Crippen molar-refractivity contribution < 1.29 is 24.5 Å². The average molecular weight is 302 g/mol. The first-order valence-electron chi connectivity index (χ1n) is 6.77. The number of methoxy groups -OCH3 is 2. The quantitative estimate of drug-likeness (QED) is 0.858. The molecule has 0 aliphatic carbocycles. The van der Waals surface area contributed by atoms with E-state index in [0.29, 0.717) is 17.1 Å². The lowest BCUT2D eigenvalue weighted by Crippen LogP contribution is -2.15. The zero-order chi connectivity index (χ0) is 16.1. The Kier molecular flexibility index (Phi) is 4.88. The molecule has 1 atom stereocenters. The molecule has 2 aromatic carbocycles. The van der Waals surface area contributed by atoms with Crippen molar-refractivity contribution in [1.82, 2.24) is 0 Å². The van der Waals surface area contributed by atoms with E-state index in [1.807, 2.05) is 0 Å². The summed E-state index contributed by atoms with van der Waals surface area (Å²) in [5.74, 6) is -0.465. The number of carbonyl (C=O) groups is 1. The molecule has 0 aliphatic heterocycles. The van der Waals surface area contributed by atoms with Gasteiger partial charge in [0, 0.05) is 0 Å². The molecule has 2 aromatic rings. The minimum Gasteiger partial charge on any atom is -0.508 e. The third-order valence-electron chi connectivity index (χ3n) is 3.48. The monoisotopic (exact) mass is 302 g/mol. The number of carboxylic acid groups (broad SMARTS) is 1. The van der Waals surface area contributed by atoms with Gasteiger partial charge >= 0.3 is 5.97 Å². The summed E-state index contributed by atoms with van der Waals surface area (Å²) in [4.78, 5) is 11.6. The van der Waals surface area contributed by atoms with Crippen LogP contribution in [-0.2, 0) is 11.2 Å². The first kappa shape index (κ1) is 15.7. The molecule has 0 heterocycles. The standard InChI is InChI=1S/C17H18O5/c1-21-14-6-7-16(22-2)12(9-14)10-15(17(19)20)11-4-3-5-13(18)8-11/h3-9,15,18H,10H2,1-2H3,(H,19,20). The number of rotatable bonds is 6. The number of hydrogen-bond donors (Lipinski definition) is 2. The summed E-state index contributed by atoms with van der Waals surface area (Å²) in [5.41, 5.74) is 1.27. The van der Waals surface area contributed by atoms with Gasteiger partial charge in [-0.15, -0.1) is 0 Å². The van der Waals surface area contributed by atoms with Crippen molar-refractivity contribution in [1.29, 1.82) is 0 Å². The second kappa shape index (κ2) is 6.85. The summed E-state index contributed by atoms with van der Waals surface area (Å²) in [7, 11) is 3.09. The van der Waals surface area contributed by atoms with E-state index >= 15 is 0 Å². The molecule has 22 heavy (non-hydrogen) atoms. The summed E-state index contributed by atoms with van der Waals surface area (Å²) < 4.78 is 10.5. The van der Waals surface area contributed by atoms with Gasteiger partial charge in [0.1, 0.15) is 17.2 Å². The molecule has 5 nitrogen and oxygen atoms in total. The Labute approximate surface area is 128 Å². The maximum atomic E-state index is 11.6. The molecule has 2 N–H and O–H groups in total. The SMILES string of the molecule is COc1ccc(OC)c(CC(C(=O)O)c2cccc(O)c2)c1. The van der Waals surface area contributed by atoms with E-state index < -0.39 is 11.9 Å². The van der Waals surface area contributed by atoms with E-state index in [4.69, 9.17) is 9.47 Å². The highest BCUT2D eigenvalue weighted by molar-refractivity contribution is 5.77. The molecule has 0 amide bonds. The smallest absolute Gasteiger partial charge is 0.311 e. The van der Waals surface area contributed by atoms with Crippen molar-refractivity contribution in [2.75, 3.05) is 14.2 Å². The first-order valence-corrected chi connectivity index (χ1v) is 6.77. The predicted molar refractivity (Wildman–Crippen MR) is 81.7 cm³/mol. The van der Waals surface area contributed by atoms with Gasteiger partial charge < -0.3 is 19.7 Å². The van der Waals surface area contributed by atoms with Crippen LogP contribution < -0.4 is 9.47 Å². The van der Waals surface area contributed by atoms with Gasteiger partial charge in [-0.3, -0.25) is 4.79 Å². The van der Waals surface area contributed by atoms with Gasteiger partial charge in [-0.05, 0) is 47.9 Å². The third-order valence-corrected chi connectivity index (χ3v) is 3.48. The maximum Gasteiger partial charge on any atom is 0.311 e. The van der Waals surface area contributed by atoms with Crippen LogP contribution in [0.5, 0.6) is 17.2 Å². The van der Waals surface area contributed by atoms with Gasteiger partial charge in [0.25, 0.3) is 0 Å². The normalized spacial score (nSPS) is 11.7. The first-order chi connectivity index (χ1) is 10.5. The van der Waals surface area contributed by atoms with Crippen molar-refractivity contribution in [2.45, 2.75) is 12.3 Å². The second-order valence-electron chi connectivity index (χ2n) is 4.87. The molecule has 5 heteroatoms. The number of ether oxygens (including phenoxy) is 2. The Morgan fingerprint density at radius 3 is 2.50 bits per heavy atom. The molecule has 2 rings (SSSR count). The van der Waals surface area contributed by atoms with Crippen LogP contribution in [0.25, 0.3) is 0 Å². The molecule has 0 saturated heterocycles. The molecule has 0 radical (unpaired) electrons. The molecule has 0 bridgehead atoms. The van der Waals surface area contributed by atoms with Crippen LogP contribution in [0.1, 0.15) is 17.0 Å². The van der Waals surface area contributed by atoms with E-state index in [0.717, 1.165) is 5.56 Å². The number of benzene rings is 2. The largest absolute Gasteiger partial charge is 0.508 e. The lowest BCUT2D eigenvalue weighted by Gasteiger charge is -2.16. The lowest BCUT2D eigenvalue weighted by molar-refractivity contribution is -0.138. The Morgan fingerprint density at radius 1 is 1.14 bits per heavy atom. The molecule has 116 valence electrons. The summed E-state index contributed by atoms with van der Waals surface area (Å²) in [6.45, 7) is 0. The Hall–Kier alpha value is -2.69. The van der Waals surface area contributed by atoms with E-state index in [2.05, 4.69) is 0 Å². The molecular formula is C17H18O5. The van der Waals surface area contributed by atoms with Crippen LogP contribution in [-0.4, -0.2) is 30.4 Å². The number of phenols is 1. The Balaban J connectivity index is 2.38. The van der Waals surface area contributed by atoms with Crippen LogP contribution in [0.4, 0.5) is 0 Å². The van der Waals surface area contributed by atoms with Gasteiger partial charge in [0.15, 0.2) is 0 Å². The van der Waals surface area contributed by atoms with Gasteiger partial charge in [-0.1, -0.05) is 12.1 Å². The molecule has 0 aliphatic rings. The van der Waals surface area contributed by atoms with E-state index in [9.17, 15) is 15.0 Å². The van der Waals surface area contributed by atoms with Gasteiger partial charge in [0.2, 0.25) is 0 Å². The van der Waals surface area contributed by atoms with Crippen molar-refractivity contribution in [3.63, 3.8) is 0 Å². The van der Waals surface area contributed by atoms with E-state index in [-0.39, 0.29) is 12.2 Å². The highest BCUT2D eigenvalue weighted by Gasteiger charge is 2.22. The third kappa shape index (κ3) is 3.49. The summed E-state index contributed by atoms with van der Waals surface area (Å²) in [5, 5.41) is 19.1. The molecule has 0 spiro atoms. The summed E-state index contributed by atoms with van der Waals surface area (Å²) >= 11 is 0. The molecular weight excluding hydrogens is 284 g/mol. The van der Waals surface area contributed by atoms with Gasteiger partial charge in [0.05, 0.1) is 20.1 Å². The molecule has 0 saturated carbocycles. The minimum absolute atomic E-state index is 0.0429. The van der Waals surface area contributed by atoms with Crippen LogP contribution in [0, 0.1) is 0 Å². The van der Waals surface area contributed by atoms with E-state index in [1.54, 1.807) is 37.4 Å². The average Bonchev–Trinajstić information content (AvgIpc) is 2.52. The van der Waals surface area contributed by atoms with Crippen molar-refractivity contribution in [3.05, 3.63) is 53.6 Å². The summed E-state index contributed by atoms with van der Waals surface area (Å²) in [6, 6.07) is 11.5. The zero-order valence-electron chi connectivity index (χ0n) is 12.4. The second-order valence-corrected chi connectivity index (χ2v) is 4.87. The van der Waals surface area contributed by atoms with Crippen LogP contribution in [0.15, 0.2) is 42.5 Å². The predicted octanol–water partition coefficient (Wildman–Crippen LogP) is 2.82. The fraction of sp³-hybridized carbons (Fsp3) is 0.235. The molecule has 0 fully saturated rings. The number of aliphatic carboxylic acids is 1. The van der Waals surface area contributed by atoms with Crippen molar-refractivity contribution in [2.24, 2.45) is 0 Å². The van der Waals surface area contributed by atoms with Gasteiger partial charge in [-0.2, -0.15) is 0 Å². The number of hydrogen-bond acceptors (Lipinski definition) is 4. The topological polar surface area (TPSA) is 76.0 Å². The zero-order valence-corrected chi connectivity index (χ0v) is 12.4. The van der Waals surface area contributed by atoms with E-state index in [1.165, 1.54) is 19.2 Å². The molecule has 1 unspecified atom stereocenters. The number of aromatic hydroxyl groups is 1. The summed E-state index contributed by atoms with van der Waals surface area (Å²) in [6.07, 6.45) is 0.235. The molecule has 0 aromatic heterocycles. The fourth-order valence-electron chi connectivity index (χ4n) is 2.35. The van der Waals surface area contributed by atoms with Crippen LogP contribution in [0.3, 0.4) is 0 Å². The Bertz CT molecular complexity index is 666. The van der Waals surface area contributed by atoms with Crippen molar-refractivity contribution in [3.8, 4) is 17.2 Å². The number of phenolic OH excluding ortho intramolecular Hbond substituents is 1. The minimum atomic E-state index is -0.963. The highest BCUT2D eigenvalue weighted by Crippen LogP contribution is 2.31. The van der Waals surface area contributed by atoms with Crippen molar-refractivity contribution >= 4 is 5.97 Å². The maximum absolute atomic E-state index is 11.6. The van der Waals surface area contributed by atoms with Crippen LogP contribution >= 0.6 is 0 Å². The highest BCUT2D eigenvalue weighted by atomic mass is 16.5. The van der Waals surface area contributed by atoms with Gasteiger partial charge in [-0.25, -0.2) is 0 Å². The fourth-order valence-corrected chi connectivity index (χ4v) is 2.35. The van der Waals surface area contributed by atoms with Crippen LogP contribution in [0.2, 0.25) is 0 Å². The Morgan fingerprint density at radius 2 is 1.91 bits per heavy atom.